The van der Waals surface area contributed by atoms with E-state index in [1.54, 1.807) is 47.4 Å². The van der Waals surface area contributed by atoms with E-state index in [-0.39, 0.29) is 35.1 Å². The quantitative estimate of drug-likeness (QED) is 0.635. The second kappa shape index (κ2) is 8.12. The standard InChI is InChI=1S/C19H15Cl3N2O3S2/c20-12-3-1-11(2-4-12)7-18(25)23-19-24(15-6-5-13(21)8-14(15)22)16-9-29(26,27)10-17(16)28-19/h1-6,8,16-17H,7,9-10H2/t16-,17-/m1/s1. The molecule has 0 aliphatic carbocycles. The van der Waals surface area contributed by atoms with Crippen LogP contribution in [-0.2, 0) is 21.1 Å². The van der Waals surface area contributed by atoms with Crippen molar-refractivity contribution in [2.75, 3.05) is 16.4 Å². The van der Waals surface area contributed by atoms with Crippen LogP contribution >= 0.6 is 46.6 Å². The van der Waals surface area contributed by atoms with E-state index in [4.69, 9.17) is 34.8 Å². The average Bonchev–Trinajstić information content (AvgIpc) is 3.08. The van der Waals surface area contributed by atoms with E-state index in [1.807, 2.05) is 0 Å². The van der Waals surface area contributed by atoms with Gasteiger partial charge in [0.25, 0.3) is 5.91 Å². The highest BCUT2D eigenvalue weighted by atomic mass is 35.5. The largest absolute Gasteiger partial charge is 0.314 e. The summed E-state index contributed by atoms with van der Waals surface area (Å²) in [6, 6.07) is 11.6. The first-order valence-electron chi connectivity index (χ1n) is 8.69. The number of amidine groups is 1. The maximum Gasteiger partial charge on any atom is 0.252 e. The highest BCUT2D eigenvalue weighted by Gasteiger charge is 2.49. The molecule has 2 atom stereocenters. The smallest absolute Gasteiger partial charge is 0.252 e. The number of carbonyl (C=O) groups excluding carboxylic acids is 1. The Kier molecular flexibility index (Phi) is 5.88. The van der Waals surface area contributed by atoms with Crippen LogP contribution in [0.15, 0.2) is 47.5 Å². The summed E-state index contributed by atoms with van der Waals surface area (Å²) in [6.45, 7) is 0. The number of nitrogens with zero attached hydrogens (tertiary/aromatic N) is 2. The first-order valence-corrected chi connectivity index (χ1v) is 12.5. The van der Waals surface area contributed by atoms with Crippen LogP contribution in [0.5, 0.6) is 0 Å². The molecule has 0 saturated carbocycles. The summed E-state index contributed by atoms with van der Waals surface area (Å²) in [5.41, 5.74) is 1.39. The summed E-state index contributed by atoms with van der Waals surface area (Å²) in [6.07, 6.45) is 0.122. The molecule has 2 fully saturated rings. The van der Waals surface area contributed by atoms with E-state index in [2.05, 4.69) is 4.99 Å². The molecule has 2 aromatic carbocycles. The van der Waals surface area contributed by atoms with Crippen molar-refractivity contribution >= 4 is 73.2 Å². The van der Waals surface area contributed by atoms with Crippen LogP contribution in [0, 0.1) is 0 Å². The van der Waals surface area contributed by atoms with Gasteiger partial charge in [-0.25, -0.2) is 8.42 Å². The first-order chi connectivity index (χ1) is 13.7. The fraction of sp³-hybridized carbons (Fsp3) is 0.263. The molecule has 2 aliphatic heterocycles. The van der Waals surface area contributed by atoms with Gasteiger partial charge in [0.05, 0.1) is 34.7 Å². The van der Waals surface area contributed by atoms with Gasteiger partial charge in [0.15, 0.2) is 15.0 Å². The Morgan fingerprint density at radius 1 is 1.07 bits per heavy atom. The zero-order chi connectivity index (χ0) is 20.8. The average molecular weight is 490 g/mol. The molecule has 0 aromatic heterocycles. The minimum atomic E-state index is -3.16. The van der Waals surface area contributed by atoms with Crippen LogP contribution in [0.25, 0.3) is 0 Å². The molecule has 2 saturated heterocycles. The predicted octanol–water partition coefficient (Wildman–Crippen LogP) is 4.49. The number of rotatable bonds is 3. The van der Waals surface area contributed by atoms with Crippen LogP contribution in [0.1, 0.15) is 5.56 Å². The van der Waals surface area contributed by atoms with Crippen LogP contribution in [0.3, 0.4) is 0 Å². The molecule has 4 rings (SSSR count). The Bertz CT molecular complexity index is 1100. The molecule has 5 nitrogen and oxygen atoms in total. The number of anilines is 1. The zero-order valence-corrected chi connectivity index (χ0v) is 18.8. The van der Waals surface area contributed by atoms with E-state index in [0.717, 1.165) is 5.56 Å². The van der Waals surface area contributed by atoms with E-state index in [9.17, 15) is 13.2 Å². The van der Waals surface area contributed by atoms with Crippen molar-refractivity contribution in [1.82, 2.24) is 0 Å². The predicted molar refractivity (Wildman–Crippen MR) is 120 cm³/mol. The summed E-state index contributed by atoms with van der Waals surface area (Å²) >= 11 is 19.6. The van der Waals surface area contributed by atoms with E-state index in [1.165, 1.54) is 11.8 Å². The van der Waals surface area contributed by atoms with Crippen LogP contribution in [0.4, 0.5) is 5.69 Å². The lowest BCUT2D eigenvalue weighted by molar-refractivity contribution is -0.117. The fourth-order valence-electron chi connectivity index (χ4n) is 3.45. The lowest BCUT2D eigenvalue weighted by Crippen LogP contribution is -2.38. The van der Waals surface area contributed by atoms with Gasteiger partial charge in [-0.15, -0.1) is 0 Å². The van der Waals surface area contributed by atoms with Crippen molar-refractivity contribution in [3.8, 4) is 0 Å². The molecule has 0 bridgehead atoms. The zero-order valence-electron chi connectivity index (χ0n) is 14.9. The third-order valence-corrected chi connectivity index (χ3v) is 8.72. The van der Waals surface area contributed by atoms with Gasteiger partial charge in [-0.05, 0) is 35.9 Å². The monoisotopic (exact) mass is 488 g/mol. The van der Waals surface area contributed by atoms with Gasteiger partial charge in [0, 0.05) is 15.3 Å². The Balaban J connectivity index is 1.66. The minimum Gasteiger partial charge on any atom is -0.314 e. The van der Waals surface area contributed by atoms with Crippen LogP contribution < -0.4 is 4.90 Å². The van der Waals surface area contributed by atoms with E-state index >= 15 is 0 Å². The number of fused-ring (bicyclic) bond motifs is 1. The molecule has 1 amide bonds. The molecule has 0 radical (unpaired) electrons. The van der Waals surface area contributed by atoms with Gasteiger partial charge >= 0.3 is 0 Å². The second-order valence-electron chi connectivity index (χ2n) is 6.86. The highest BCUT2D eigenvalue weighted by molar-refractivity contribution is 8.16. The molecule has 10 heteroatoms. The SMILES string of the molecule is O=C(Cc1ccc(Cl)cc1)N=C1S[C@@H]2CS(=O)(=O)C[C@H]2N1c1ccc(Cl)cc1Cl. The Morgan fingerprint density at radius 3 is 2.45 bits per heavy atom. The maximum atomic E-state index is 12.6. The van der Waals surface area contributed by atoms with E-state index < -0.39 is 9.84 Å². The van der Waals surface area contributed by atoms with Gasteiger partial charge < -0.3 is 4.90 Å². The lowest BCUT2D eigenvalue weighted by atomic mass is 10.1. The number of hydrogen-bond acceptors (Lipinski definition) is 4. The topological polar surface area (TPSA) is 66.8 Å². The van der Waals surface area contributed by atoms with Gasteiger partial charge in [-0.1, -0.05) is 58.7 Å². The molecular formula is C19H15Cl3N2O3S2. The van der Waals surface area contributed by atoms with Crippen molar-refractivity contribution in [3.63, 3.8) is 0 Å². The molecule has 0 unspecified atom stereocenters. The van der Waals surface area contributed by atoms with Crippen molar-refractivity contribution in [2.45, 2.75) is 17.7 Å². The number of sulfone groups is 1. The van der Waals surface area contributed by atoms with Gasteiger partial charge in [-0.3, -0.25) is 4.79 Å². The van der Waals surface area contributed by atoms with Crippen LogP contribution in [-0.4, -0.2) is 42.3 Å². The minimum absolute atomic E-state index is 0.00594. The Labute approximate surface area is 188 Å². The number of hydrogen-bond donors (Lipinski definition) is 0. The normalized spacial score (nSPS) is 24.1. The third kappa shape index (κ3) is 4.59. The van der Waals surface area contributed by atoms with Crippen LogP contribution in [0.2, 0.25) is 15.1 Å². The molecule has 0 N–H and O–H groups in total. The number of aliphatic imine (C=N–C) groups is 1. The molecule has 29 heavy (non-hydrogen) atoms. The van der Waals surface area contributed by atoms with Gasteiger partial charge in [0.1, 0.15) is 0 Å². The van der Waals surface area contributed by atoms with Crippen molar-refractivity contribution in [3.05, 3.63) is 63.1 Å². The Morgan fingerprint density at radius 2 is 1.76 bits per heavy atom. The number of benzene rings is 2. The molecule has 152 valence electrons. The molecule has 2 heterocycles. The Hall–Kier alpha value is -1.25. The summed E-state index contributed by atoms with van der Waals surface area (Å²) in [4.78, 5) is 18.6. The van der Waals surface area contributed by atoms with Gasteiger partial charge in [0.2, 0.25) is 0 Å². The third-order valence-electron chi connectivity index (χ3n) is 4.72. The molecule has 2 aliphatic rings. The van der Waals surface area contributed by atoms with Crippen molar-refractivity contribution in [1.29, 1.82) is 0 Å². The number of carbonyl (C=O) groups is 1. The van der Waals surface area contributed by atoms with Crippen molar-refractivity contribution < 1.29 is 13.2 Å². The number of amides is 1. The summed E-state index contributed by atoms with van der Waals surface area (Å²) in [5.74, 6) is -0.282. The molecular weight excluding hydrogens is 475 g/mol. The first kappa shape index (κ1) is 21.0. The molecule has 2 aromatic rings. The lowest BCUT2D eigenvalue weighted by Gasteiger charge is -2.25. The molecule has 0 spiro atoms. The maximum absolute atomic E-state index is 12.6. The summed E-state index contributed by atoms with van der Waals surface area (Å²) in [7, 11) is -3.16. The highest BCUT2D eigenvalue weighted by Crippen LogP contribution is 2.43. The summed E-state index contributed by atoms with van der Waals surface area (Å²) in [5, 5.41) is 1.70. The number of halogens is 3. The fourth-order valence-corrected chi connectivity index (χ4v) is 8.00. The number of thioether (sulfide) groups is 1. The summed E-state index contributed by atoms with van der Waals surface area (Å²) < 4.78 is 24.3. The van der Waals surface area contributed by atoms with Crippen molar-refractivity contribution in [2.24, 2.45) is 4.99 Å². The van der Waals surface area contributed by atoms with E-state index in [0.29, 0.717) is 25.9 Å². The second-order valence-corrected chi connectivity index (χ2v) is 11.5. The van der Waals surface area contributed by atoms with Gasteiger partial charge in [-0.2, -0.15) is 4.99 Å².